The summed E-state index contributed by atoms with van der Waals surface area (Å²) in [5.41, 5.74) is 0. The number of allylic oxidation sites excluding steroid dienone is 10. The van der Waals surface area contributed by atoms with E-state index in [1.807, 2.05) is 0 Å². The van der Waals surface area contributed by atoms with Crippen LogP contribution in [-0.2, 0) is 23.7 Å². The van der Waals surface area contributed by atoms with Gasteiger partial charge in [-0.2, -0.15) is 0 Å². The van der Waals surface area contributed by atoms with Gasteiger partial charge in [-0.1, -0.05) is 280 Å². The molecule has 0 aromatic carbocycles. The Morgan fingerprint density at radius 2 is 0.821 bits per heavy atom. The quantitative estimate of drug-likeness (QED) is 0.0204. The zero-order valence-electron chi connectivity index (χ0n) is 53.1. The summed E-state index contributed by atoms with van der Waals surface area (Å²) in [4.78, 5) is 13.3. The van der Waals surface area contributed by atoms with Gasteiger partial charge in [-0.05, 0) is 57.8 Å². The highest BCUT2D eigenvalue weighted by molar-refractivity contribution is 5.76. The minimum absolute atomic E-state index is 0.205. The van der Waals surface area contributed by atoms with E-state index in [0.29, 0.717) is 12.8 Å². The van der Waals surface area contributed by atoms with Crippen LogP contribution in [0.5, 0.6) is 0 Å². The summed E-state index contributed by atoms with van der Waals surface area (Å²) in [5, 5.41) is 87.1. The lowest BCUT2D eigenvalue weighted by atomic mass is 9.97. The Kier molecular flexibility index (Phi) is 50.8. The van der Waals surface area contributed by atoms with Gasteiger partial charge in [-0.25, -0.2) is 0 Å². The molecule has 0 radical (unpaired) electrons. The third-order valence-corrected chi connectivity index (χ3v) is 16.7. The van der Waals surface area contributed by atoms with E-state index in [2.05, 4.69) is 79.9 Å². The molecule has 12 unspecified atom stereocenters. The van der Waals surface area contributed by atoms with Crippen LogP contribution in [0.25, 0.3) is 0 Å². The molecule has 0 aliphatic carbocycles. The highest BCUT2D eigenvalue weighted by Crippen LogP contribution is 2.30. The van der Waals surface area contributed by atoms with Gasteiger partial charge >= 0.3 is 0 Å². The topological polar surface area (TPSA) is 228 Å². The number of unbranched alkanes of at least 4 members (excludes halogenated alkanes) is 33. The highest BCUT2D eigenvalue weighted by Gasteiger charge is 2.51. The fourth-order valence-electron chi connectivity index (χ4n) is 11.3. The summed E-state index contributed by atoms with van der Waals surface area (Å²) >= 11 is 0. The Balaban J connectivity index is 1.49. The normalized spacial score (nSPS) is 24.0. The van der Waals surface area contributed by atoms with Crippen molar-refractivity contribution in [3.05, 3.63) is 60.8 Å². The molecule has 2 heterocycles. The summed E-state index contributed by atoms with van der Waals surface area (Å²) in [6.07, 6.45) is 55.8. The first-order valence-corrected chi connectivity index (χ1v) is 34.5. The van der Waals surface area contributed by atoms with E-state index in [1.165, 1.54) is 173 Å². The maximum atomic E-state index is 13.3. The molecule has 2 aliphatic heterocycles. The van der Waals surface area contributed by atoms with Crippen LogP contribution in [0, 0.1) is 0 Å². The van der Waals surface area contributed by atoms with Crippen molar-refractivity contribution in [2.75, 3.05) is 19.8 Å². The molecule has 1 amide bonds. The third kappa shape index (κ3) is 38.9. The van der Waals surface area contributed by atoms with Crippen LogP contribution in [0.4, 0.5) is 0 Å². The maximum Gasteiger partial charge on any atom is 0.220 e. The van der Waals surface area contributed by atoms with Gasteiger partial charge in [0.2, 0.25) is 5.91 Å². The van der Waals surface area contributed by atoms with E-state index < -0.39 is 86.8 Å². The van der Waals surface area contributed by atoms with Gasteiger partial charge in [0.25, 0.3) is 0 Å². The molecule has 490 valence electrons. The molecule has 0 aromatic rings. The van der Waals surface area contributed by atoms with Crippen LogP contribution in [-0.4, -0.2) is 140 Å². The largest absolute Gasteiger partial charge is 0.394 e. The van der Waals surface area contributed by atoms with Crippen molar-refractivity contribution in [3.8, 4) is 0 Å². The van der Waals surface area contributed by atoms with Crippen LogP contribution in [0.2, 0.25) is 0 Å². The molecule has 2 saturated heterocycles. The molecule has 14 heteroatoms. The molecular weight excluding hydrogens is 1060 g/mol. The predicted molar refractivity (Wildman–Crippen MR) is 341 cm³/mol. The van der Waals surface area contributed by atoms with Gasteiger partial charge in [0.1, 0.15) is 48.8 Å². The lowest BCUT2D eigenvalue weighted by molar-refractivity contribution is -0.359. The second-order valence-corrected chi connectivity index (χ2v) is 24.3. The number of aliphatic hydroxyl groups excluding tert-OH is 8. The zero-order valence-corrected chi connectivity index (χ0v) is 53.1. The minimum atomic E-state index is -1.78. The Bertz CT molecular complexity index is 1640. The number of amides is 1. The molecule has 9 N–H and O–H groups in total. The number of carbonyl (C=O) groups is 1. The summed E-state index contributed by atoms with van der Waals surface area (Å²) in [5.74, 6) is -0.205. The van der Waals surface area contributed by atoms with Gasteiger partial charge in [-0.15, -0.1) is 0 Å². The van der Waals surface area contributed by atoms with Crippen molar-refractivity contribution in [2.45, 2.75) is 357 Å². The van der Waals surface area contributed by atoms with E-state index in [0.717, 1.165) is 83.5 Å². The summed E-state index contributed by atoms with van der Waals surface area (Å²) in [7, 11) is 0. The first kappa shape index (κ1) is 77.8. The number of ether oxygens (including phenoxy) is 4. The number of aliphatic hydroxyl groups is 8. The first-order valence-electron chi connectivity index (χ1n) is 34.5. The monoisotopic (exact) mass is 1190 g/mol. The average Bonchev–Trinajstić information content (AvgIpc) is 2.28. The van der Waals surface area contributed by atoms with Gasteiger partial charge in [0, 0.05) is 6.42 Å². The van der Waals surface area contributed by atoms with E-state index in [9.17, 15) is 45.6 Å². The van der Waals surface area contributed by atoms with Gasteiger partial charge in [0.15, 0.2) is 12.6 Å². The zero-order chi connectivity index (χ0) is 60.9. The molecule has 2 rings (SSSR count). The molecule has 2 fully saturated rings. The van der Waals surface area contributed by atoms with Crippen molar-refractivity contribution < 1.29 is 64.6 Å². The second-order valence-electron chi connectivity index (χ2n) is 24.3. The van der Waals surface area contributed by atoms with Gasteiger partial charge in [0.05, 0.1) is 32.0 Å². The Morgan fingerprint density at radius 1 is 0.440 bits per heavy atom. The number of hydrogen-bond acceptors (Lipinski definition) is 13. The first-order chi connectivity index (χ1) is 41.1. The van der Waals surface area contributed by atoms with Gasteiger partial charge in [-0.3, -0.25) is 4.79 Å². The van der Waals surface area contributed by atoms with Crippen LogP contribution in [0.15, 0.2) is 60.8 Å². The lowest BCUT2D eigenvalue weighted by Crippen LogP contribution is -2.65. The third-order valence-electron chi connectivity index (χ3n) is 16.7. The summed E-state index contributed by atoms with van der Waals surface area (Å²) < 4.78 is 22.8. The van der Waals surface area contributed by atoms with Gasteiger partial charge < -0.3 is 65.1 Å². The number of hydrogen-bond donors (Lipinski definition) is 9. The highest BCUT2D eigenvalue weighted by atomic mass is 16.7. The standard InChI is InChI=1S/C70H127NO13/c1-3-5-7-9-11-13-14-15-16-17-18-19-20-21-22-23-24-25-26-27-28-29-30-31-32-33-34-35-36-37-38-39-40-41-42-43-44-46-48-50-52-54-62(75)71-58(59(74)53-51-49-47-45-12-10-8-6-4-2)57-81-69-67(80)65(78)68(61(56-73)83-69)84-70-66(79)64(77)63(76)60(55-72)82-70/h5,7,11,13,15-16,18-19,21-22,58-61,63-70,72-74,76-80H,3-4,6,8-10,12,14,17,20,23-57H2,1-2H3,(H,71,75)/b7-5-,13-11-,16-15-,19-18-,22-21-. The molecule has 14 nitrogen and oxygen atoms in total. The molecule has 2 aliphatic rings. The average molecular weight is 1190 g/mol. The number of carbonyl (C=O) groups excluding carboxylic acids is 1. The lowest BCUT2D eigenvalue weighted by Gasteiger charge is -2.46. The molecule has 0 aromatic heterocycles. The van der Waals surface area contributed by atoms with E-state index in [-0.39, 0.29) is 12.5 Å². The molecule has 0 saturated carbocycles. The Labute approximate surface area is 511 Å². The molecule has 0 spiro atoms. The molecule has 84 heavy (non-hydrogen) atoms. The Hall–Kier alpha value is -2.31. The number of rotatable bonds is 56. The van der Waals surface area contributed by atoms with E-state index in [4.69, 9.17) is 18.9 Å². The Morgan fingerprint density at radius 3 is 1.26 bits per heavy atom. The van der Waals surface area contributed by atoms with Crippen LogP contribution < -0.4 is 5.32 Å². The van der Waals surface area contributed by atoms with Crippen LogP contribution >= 0.6 is 0 Å². The predicted octanol–water partition coefficient (Wildman–Crippen LogP) is 13.7. The molecule has 12 atom stereocenters. The van der Waals surface area contributed by atoms with Crippen LogP contribution in [0.3, 0.4) is 0 Å². The molecular formula is C70H127NO13. The van der Waals surface area contributed by atoms with Crippen molar-refractivity contribution in [3.63, 3.8) is 0 Å². The maximum absolute atomic E-state index is 13.3. The second kappa shape index (κ2) is 54.8. The van der Waals surface area contributed by atoms with Crippen molar-refractivity contribution in [1.29, 1.82) is 0 Å². The smallest absolute Gasteiger partial charge is 0.220 e. The van der Waals surface area contributed by atoms with Crippen molar-refractivity contribution in [2.24, 2.45) is 0 Å². The van der Waals surface area contributed by atoms with E-state index >= 15 is 0 Å². The summed E-state index contributed by atoms with van der Waals surface area (Å²) in [6.45, 7) is 2.73. The van der Waals surface area contributed by atoms with Crippen molar-refractivity contribution in [1.82, 2.24) is 5.32 Å². The minimum Gasteiger partial charge on any atom is -0.394 e. The SMILES string of the molecule is CC/C=C\C/C=C\C/C=C\C/C=C\C/C=C\CCCCCCCCCCCCCCCCCCCCCCCCCCCC(=O)NC(COC1OC(CO)C(OC2OC(CO)C(O)C(O)C2O)C(O)C1O)C(O)CCCCCCCCCCC. The number of nitrogens with one attached hydrogen (secondary N) is 1. The molecule has 0 bridgehead atoms. The fraction of sp³-hybridized carbons (Fsp3) is 0.843. The fourth-order valence-corrected chi connectivity index (χ4v) is 11.3. The van der Waals surface area contributed by atoms with Crippen LogP contribution in [0.1, 0.15) is 284 Å². The van der Waals surface area contributed by atoms with Crippen molar-refractivity contribution >= 4 is 5.91 Å². The van der Waals surface area contributed by atoms with E-state index in [1.54, 1.807) is 0 Å². The summed E-state index contributed by atoms with van der Waals surface area (Å²) in [6, 6.07) is -0.825.